The van der Waals surface area contributed by atoms with Gasteiger partial charge in [0, 0.05) is 0 Å². The molecule has 0 radical (unpaired) electrons. The van der Waals surface area contributed by atoms with Gasteiger partial charge in [0.05, 0.1) is 21.9 Å². The van der Waals surface area contributed by atoms with Crippen molar-refractivity contribution in [3.63, 3.8) is 0 Å². The fourth-order valence-corrected chi connectivity index (χ4v) is 3.92. The second-order valence-corrected chi connectivity index (χ2v) is 7.06. The number of nitrogens with zero attached hydrogens (tertiary/aromatic N) is 3. The lowest BCUT2D eigenvalue weighted by Crippen LogP contribution is -2.25. The van der Waals surface area contributed by atoms with Crippen molar-refractivity contribution < 1.29 is 9.53 Å². The van der Waals surface area contributed by atoms with E-state index in [2.05, 4.69) is 9.97 Å². The van der Waals surface area contributed by atoms with Crippen molar-refractivity contribution >= 4 is 49.1 Å². The summed E-state index contributed by atoms with van der Waals surface area (Å²) in [4.78, 5) is 33.5. The smallest absolute Gasteiger partial charge is 0.326 e. The molecule has 0 aliphatic heterocycles. The Balaban J connectivity index is 1.46. The highest BCUT2D eigenvalue weighted by Gasteiger charge is 2.11. The molecular weight excluding hydrogens is 346 g/mol. The van der Waals surface area contributed by atoms with Crippen LogP contribution in [-0.4, -0.2) is 20.5 Å². The summed E-state index contributed by atoms with van der Waals surface area (Å²) in [5, 5.41) is 3.04. The Kier molecular flexibility index (Phi) is 3.83. The van der Waals surface area contributed by atoms with Gasteiger partial charge in [-0.3, -0.25) is 14.2 Å². The van der Waals surface area contributed by atoms with Crippen LogP contribution in [0.5, 0.6) is 0 Å². The molecule has 0 atom stereocenters. The van der Waals surface area contributed by atoms with E-state index < -0.39 is 5.97 Å². The third-order valence-electron chi connectivity index (χ3n) is 3.44. The monoisotopic (exact) mass is 357 g/mol. The number of hydrogen-bond acceptors (Lipinski definition) is 7. The van der Waals surface area contributed by atoms with Gasteiger partial charge in [0.15, 0.2) is 0 Å². The highest BCUT2D eigenvalue weighted by Crippen LogP contribution is 2.22. The summed E-state index contributed by atoms with van der Waals surface area (Å²) in [7, 11) is 0. The fourth-order valence-electron chi connectivity index (χ4n) is 2.31. The van der Waals surface area contributed by atoms with E-state index in [4.69, 9.17) is 4.74 Å². The van der Waals surface area contributed by atoms with Gasteiger partial charge in [-0.1, -0.05) is 12.1 Å². The molecule has 8 heteroatoms. The zero-order valence-corrected chi connectivity index (χ0v) is 14.0. The van der Waals surface area contributed by atoms with Gasteiger partial charge in [0.2, 0.25) is 0 Å². The van der Waals surface area contributed by atoms with E-state index in [1.807, 2.05) is 24.3 Å². The summed E-state index contributed by atoms with van der Waals surface area (Å²) < 4.78 is 7.54. The van der Waals surface area contributed by atoms with E-state index in [1.165, 1.54) is 33.6 Å². The molecule has 0 unspecified atom stereocenters. The fraction of sp³-hybridized carbons (Fsp3) is 0.125. The van der Waals surface area contributed by atoms with Crippen LogP contribution in [0.25, 0.3) is 20.4 Å². The molecule has 0 saturated heterocycles. The van der Waals surface area contributed by atoms with Crippen LogP contribution in [0.15, 0.2) is 46.8 Å². The van der Waals surface area contributed by atoms with Crippen molar-refractivity contribution in [3.05, 3.63) is 57.4 Å². The number of aromatic nitrogens is 3. The summed E-state index contributed by atoms with van der Waals surface area (Å²) in [5.74, 6) is -0.493. The summed E-state index contributed by atoms with van der Waals surface area (Å²) in [6, 6.07) is 9.45. The first-order valence-corrected chi connectivity index (χ1v) is 8.83. The van der Waals surface area contributed by atoms with E-state index >= 15 is 0 Å². The minimum atomic E-state index is -0.493. The number of benzene rings is 1. The van der Waals surface area contributed by atoms with E-state index in [0.717, 1.165) is 15.2 Å². The Morgan fingerprint density at radius 2 is 2.12 bits per heavy atom. The molecule has 0 N–H and O–H groups in total. The van der Waals surface area contributed by atoms with E-state index in [0.29, 0.717) is 10.2 Å². The largest absolute Gasteiger partial charge is 0.457 e. The topological polar surface area (TPSA) is 74.1 Å². The van der Waals surface area contributed by atoms with Gasteiger partial charge in [0.25, 0.3) is 5.56 Å². The lowest BCUT2D eigenvalue weighted by molar-refractivity contribution is -0.145. The normalized spacial score (nSPS) is 11.2. The Bertz CT molecular complexity index is 1060. The van der Waals surface area contributed by atoms with Crippen molar-refractivity contribution in [1.29, 1.82) is 0 Å². The summed E-state index contributed by atoms with van der Waals surface area (Å²) in [6.45, 7) is -0.0659. The molecule has 4 rings (SSSR count). The zero-order chi connectivity index (χ0) is 16.5. The second kappa shape index (κ2) is 6.14. The van der Waals surface area contributed by atoms with E-state index in [1.54, 1.807) is 11.4 Å². The number of ether oxygens (including phenoxy) is 1. The predicted octanol–water partition coefficient (Wildman–Crippen LogP) is 2.81. The Labute approximate surface area is 144 Å². The molecule has 0 bridgehead atoms. The first-order chi connectivity index (χ1) is 11.7. The van der Waals surface area contributed by atoms with Crippen LogP contribution in [0.4, 0.5) is 0 Å². The highest BCUT2D eigenvalue weighted by molar-refractivity contribution is 7.18. The minimum Gasteiger partial charge on any atom is -0.457 e. The lowest BCUT2D eigenvalue weighted by atomic mass is 10.3. The molecule has 0 aliphatic rings. The second-order valence-electron chi connectivity index (χ2n) is 5.05. The maximum atomic E-state index is 12.2. The van der Waals surface area contributed by atoms with Crippen LogP contribution in [0.1, 0.15) is 5.01 Å². The van der Waals surface area contributed by atoms with E-state index in [9.17, 15) is 9.59 Å². The predicted molar refractivity (Wildman–Crippen MR) is 93.3 cm³/mol. The summed E-state index contributed by atoms with van der Waals surface area (Å²) in [6.07, 6.45) is 1.38. The van der Waals surface area contributed by atoms with Crippen LogP contribution in [0.2, 0.25) is 0 Å². The lowest BCUT2D eigenvalue weighted by Gasteiger charge is -2.05. The van der Waals surface area contributed by atoms with Crippen molar-refractivity contribution in [3.8, 4) is 0 Å². The zero-order valence-electron chi connectivity index (χ0n) is 12.3. The molecular formula is C16H11N3O3S2. The Morgan fingerprint density at radius 1 is 1.25 bits per heavy atom. The molecule has 1 aromatic carbocycles. The minimum absolute atomic E-state index is 0.0983. The molecule has 0 aliphatic carbocycles. The van der Waals surface area contributed by atoms with Crippen LogP contribution < -0.4 is 5.56 Å². The van der Waals surface area contributed by atoms with E-state index in [-0.39, 0.29) is 18.7 Å². The van der Waals surface area contributed by atoms with Crippen molar-refractivity contribution in [1.82, 2.24) is 14.5 Å². The molecule has 0 saturated carbocycles. The molecule has 3 heterocycles. The Hall–Kier alpha value is -2.58. The first kappa shape index (κ1) is 15.0. The number of thiophene rings is 1. The van der Waals surface area contributed by atoms with Gasteiger partial charge in [-0.25, -0.2) is 9.97 Å². The number of fused-ring (bicyclic) bond motifs is 2. The molecule has 3 aromatic heterocycles. The molecule has 0 spiro atoms. The number of hydrogen-bond donors (Lipinski definition) is 0. The van der Waals surface area contributed by atoms with Crippen molar-refractivity contribution in [2.45, 2.75) is 13.2 Å². The number of para-hydroxylation sites is 1. The van der Waals surface area contributed by atoms with Gasteiger partial charge in [-0.15, -0.1) is 22.7 Å². The molecule has 4 aromatic rings. The number of carbonyl (C=O) groups excluding carboxylic acids is 1. The average molecular weight is 357 g/mol. The average Bonchev–Trinajstić information content (AvgIpc) is 3.22. The van der Waals surface area contributed by atoms with Gasteiger partial charge in [-0.2, -0.15) is 0 Å². The molecule has 6 nitrogen and oxygen atoms in total. The Morgan fingerprint density at radius 3 is 3.00 bits per heavy atom. The summed E-state index contributed by atoms with van der Waals surface area (Å²) in [5.41, 5.74) is 0.648. The number of thiazole rings is 1. The van der Waals surface area contributed by atoms with Gasteiger partial charge < -0.3 is 4.74 Å². The molecule has 0 fully saturated rings. The molecule has 120 valence electrons. The first-order valence-electron chi connectivity index (χ1n) is 7.13. The maximum Gasteiger partial charge on any atom is 0.326 e. The number of carbonyl (C=O) groups is 1. The third-order valence-corrected chi connectivity index (χ3v) is 5.28. The van der Waals surface area contributed by atoms with Gasteiger partial charge in [-0.05, 0) is 23.6 Å². The number of rotatable bonds is 4. The summed E-state index contributed by atoms with van der Waals surface area (Å²) >= 11 is 2.87. The molecule has 0 amide bonds. The number of esters is 1. The SMILES string of the molecule is O=C(Cn1cnc2sccc2c1=O)OCc1nc2ccccc2s1. The quantitative estimate of drug-likeness (QED) is 0.525. The highest BCUT2D eigenvalue weighted by atomic mass is 32.1. The molecule has 24 heavy (non-hydrogen) atoms. The van der Waals surface area contributed by atoms with Crippen LogP contribution in [0.3, 0.4) is 0 Å². The van der Waals surface area contributed by atoms with Crippen molar-refractivity contribution in [2.75, 3.05) is 0 Å². The third kappa shape index (κ3) is 2.81. The van der Waals surface area contributed by atoms with Crippen LogP contribution in [-0.2, 0) is 22.7 Å². The maximum absolute atomic E-state index is 12.2. The van der Waals surface area contributed by atoms with Crippen LogP contribution >= 0.6 is 22.7 Å². The standard InChI is InChI=1S/C16H11N3O3S2/c20-14(7-19-9-17-15-10(16(19)21)5-6-23-15)22-8-13-18-11-3-1-2-4-12(11)24-13/h1-6,9H,7-8H2. The van der Waals surface area contributed by atoms with Gasteiger partial charge >= 0.3 is 5.97 Å². The van der Waals surface area contributed by atoms with Crippen molar-refractivity contribution in [2.24, 2.45) is 0 Å². The van der Waals surface area contributed by atoms with Gasteiger partial charge in [0.1, 0.15) is 23.0 Å². The van der Waals surface area contributed by atoms with Crippen LogP contribution in [0, 0.1) is 0 Å².